The van der Waals surface area contributed by atoms with Gasteiger partial charge in [-0.25, -0.2) is 0 Å². The van der Waals surface area contributed by atoms with E-state index in [0.29, 0.717) is 0 Å². The molecule has 19 heavy (non-hydrogen) atoms. The molecule has 3 rings (SSSR count). The summed E-state index contributed by atoms with van der Waals surface area (Å²) in [7, 11) is 1.42. The molecule has 0 unspecified atom stereocenters. The van der Waals surface area contributed by atoms with Gasteiger partial charge in [0.15, 0.2) is 0 Å². The first kappa shape index (κ1) is 12.3. The second kappa shape index (κ2) is 5.11. The van der Waals surface area contributed by atoms with Crippen molar-refractivity contribution in [3.05, 3.63) is 22.8 Å². The van der Waals surface area contributed by atoms with Crippen LogP contribution in [0.4, 0.5) is 0 Å². The van der Waals surface area contributed by atoms with Gasteiger partial charge >= 0.3 is 5.97 Å². The van der Waals surface area contributed by atoms with Crippen molar-refractivity contribution in [2.75, 3.05) is 20.3 Å². The van der Waals surface area contributed by atoms with E-state index in [0.717, 1.165) is 67.1 Å². The summed E-state index contributed by atoms with van der Waals surface area (Å²) in [6.45, 7) is 1.48. The Labute approximate surface area is 112 Å². The van der Waals surface area contributed by atoms with E-state index in [1.165, 1.54) is 7.11 Å². The van der Waals surface area contributed by atoms with Gasteiger partial charge in [0.2, 0.25) is 0 Å². The minimum Gasteiger partial charge on any atom is -0.493 e. The lowest BCUT2D eigenvalue weighted by Crippen LogP contribution is -2.18. The highest BCUT2D eigenvalue weighted by atomic mass is 16.5. The maximum absolute atomic E-state index is 11.6. The summed E-state index contributed by atoms with van der Waals surface area (Å²) in [5.41, 5.74) is 3.25. The van der Waals surface area contributed by atoms with Crippen LogP contribution >= 0.6 is 0 Å². The molecule has 0 radical (unpaired) electrons. The molecule has 2 heterocycles. The van der Waals surface area contributed by atoms with E-state index in [4.69, 9.17) is 14.2 Å². The van der Waals surface area contributed by atoms with Crippen molar-refractivity contribution in [1.82, 2.24) is 0 Å². The molecule has 0 spiro atoms. The topological polar surface area (TPSA) is 44.8 Å². The lowest BCUT2D eigenvalue weighted by Gasteiger charge is -2.27. The molecule has 1 aromatic rings. The highest BCUT2D eigenvalue weighted by molar-refractivity contribution is 5.75. The number of ether oxygens (including phenoxy) is 3. The number of carbonyl (C=O) groups excluding carboxylic acids is 1. The molecular weight excluding hydrogens is 244 g/mol. The van der Waals surface area contributed by atoms with E-state index in [1.807, 2.05) is 0 Å². The van der Waals surface area contributed by atoms with E-state index >= 15 is 0 Å². The Morgan fingerprint density at radius 1 is 1.26 bits per heavy atom. The smallest absolute Gasteiger partial charge is 0.310 e. The van der Waals surface area contributed by atoms with Gasteiger partial charge in [-0.2, -0.15) is 0 Å². The molecule has 0 saturated carbocycles. The van der Waals surface area contributed by atoms with Crippen molar-refractivity contribution in [1.29, 1.82) is 0 Å². The molecule has 2 aliphatic heterocycles. The van der Waals surface area contributed by atoms with Gasteiger partial charge in [-0.15, -0.1) is 0 Å². The third-order valence-electron chi connectivity index (χ3n) is 3.75. The molecular formula is C15H18O4. The van der Waals surface area contributed by atoms with E-state index in [9.17, 15) is 4.79 Å². The quantitative estimate of drug-likeness (QED) is 0.765. The zero-order chi connectivity index (χ0) is 13.2. The Morgan fingerprint density at radius 2 is 2.05 bits per heavy atom. The van der Waals surface area contributed by atoms with Gasteiger partial charge in [-0.05, 0) is 37.3 Å². The standard InChI is InChI=1S/C15H18O4/c1-17-14(16)9-12-11-5-3-6-18-13(11)8-10-4-2-7-19-15(10)12/h8H,2-7,9H2,1H3. The number of aryl methyl sites for hydroxylation is 1. The fourth-order valence-corrected chi connectivity index (χ4v) is 2.83. The van der Waals surface area contributed by atoms with Gasteiger partial charge in [0.1, 0.15) is 11.5 Å². The summed E-state index contributed by atoms with van der Waals surface area (Å²) in [6.07, 6.45) is 4.20. The SMILES string of the molecule is COC(=O)Cc1c2c(cc3c1OCCC3)OCCC2. The molecule has 0 saturated heterocycles. The number of hydrogen-bond donors (Lipinski definition) is 0. The summed E-state index contributed by atoms with van der Waals surface area (Å²) in [6, 6.07) is 2.09. The first-order valence-corrected chi connectivity index (χ1v) is 6.79. The summed E-state index contributed by atoms with van der Waals surface area (Å²) in [4.78, 5) is 11.6. The first-order chi connectivity index (χ1) is 9.29. The Balaban J connectivity index is 2.08. The fourth-order valence-electron chi connectivity index (χ4n) is 2.83. The number of fused-ring (bicyclic) bond motifs is 2. The van der Waals surface area contributed by atoms with Crippen LogP contribution in [0, 0.1) is 0 Å². The van der Waals surface area contributed by atoms with Gasteiger partial charge in [0.05, 0.1) is 26.7 Å². The predicted molar refractivity (Wildman–Crippen MR) is 69.8 cm³/mol. The van der Waals surface area contributed by atoms with E-state index in [2.05, 4.69) is 6.07 Å². The Morgan fingerprint density at radius 3 is 2.89 bits per heavy atom. The lowest BCUT2D eigenvalue weighted by molar-refractivity contribution is -0.139. The van der Waals surface area contributed by atoms with Crippen molar-refractivity contribution in [2.45, 2.75) is 32.1 Å². The molecule has 0 amide bonds. The summed E-state index contributed by atoms with van der Waals surface area (Å²) in [5.74, 6) is 1.59. The van der Waals surface area contributed by atoms with Crippen molar-refractivity contribution < 1.29 is 19.0 Å². The zero-order valence-electron chi connectivity index (χ0n) is 11.2. The Hall–Kier alpha value is -1.71. The molecule has 0 bridgehead atoms. The van der Waals surface area contributed by atoms with E-state index < -0.39 is 0 Å². The molecule has 4 nitrogen and oxygen atoms in total. The van der Waals surface area contributed by atoms with Gasteiger partial charge in [0.25, 0.3) is 0 Å². The highest BCUT2D eigenvalue weighted by Crippen LogP contribution is 2.40. The lowest BCUT2D eigenvalue weighted by atomic mass is 9.91. The zero-order valence-corrected chi connectivity index (χ0v) is 11.2. The molecule has 0 aliphatic carbocycles. The average Bonchev–Trinajstić information content (AvgIpc) is 2.46. The third kappa shape index (κ3) is 2.27. The van der Waals surface area contributed by atoms with Crippen LogP contribution in [0.25, 0.3) is 0 Å². The summed E-state index contributed by atoms with van der Waals surface area (Å²) < 4.78 is 16.3. The Kier molecular flexibility index (Phi) is 3.32. The maximum Gasteiger partial charge on any atom is 0.310 e. The molecule has 0 fully saturated rings. The normalized spacial score (nSPS) is 16.7. The molecule has 0 atom stereocenters. The largest absolute Gasteiger partial charge is 0.493 e. The summed E-state index contributed by atoms with van der Waals surface area (Å²) in [5, 5.41) is 0. The second-order valence-corrected chi connectivity index (χ2v) is 4.98. The summed E-state index contributed by atoms with van der Waals surface area (Å²) >= 11 is 0. The fraction of sp³-hybridized carbons (Fsp3) is 0.533. The number of carbonyl (C=O) groups is 1. The van der Waals surface area contributed by atoms with Crippen LogP contribution in [0.2, 0.25) is 0 Å². The van der Waals surface area contributed by atoms with Crippen LogP contribution in [-0.4, -0.2) is 26.3 Å². The molecule has 0 N–H and O–H groups in total. The van der Waals surface area contributed by atoms with Gasteiger partial charge in [0, 0.05) is 11.1 Å². The molecule has 0 aromatic heterocycles. The van der Waals surface area contributed by atoms with Crippen molar-refractivity contribution >= 4 is 5.97 Å². The van der Waals surface area contributed by atoms with Crippen LogP contribution in [0.15, 0.2) is 6.07 Å². The number of hydrogen-bond acceptors (Lipinski definition) is 4. The molecule has 2 aliphatic rings. The first-order valence-electron chi connectivity index (χ1n) is 6.79. The van der Waals surface area contributed by atoms with Gasteiger partial charge in [-0.1, -0.05) is 0 Å². The van der Waals surface area contributed by atoms with Crippen LogP contribution < -0.4 is 9.47 Å². The van der Waals surface area contributed by atoms with E-state index in [1.54, 1.807) is 0 Å². The second-order valence-electron chi connectivity index (χ2n) is 4.98. The number of benzene rings is 1. The van der Waals surface area contributed by atoms with E-state index in [-0.39, 0.29) is 12.4 Å². The minimum absolute atomic E-state index is 0.227. The average molecular weight is 262 g/mol. The monoisotopic (exact) mass is 262 g/mol. The van der Waals surface area contributed by atoms with Crippen LogP contribution in [0.3, 0.4) is 0 Å². The van der Waals surface area contributed by atoms with Crippen LogP contribution in [0.1, 0.15) is 29.5 Å². The number of esters is 1. The van der Waals surface area contributed by atoms with Gasteiger partial charge < -0.3 is 14.2 Å². The predicted octanol–water partition coefficient (Wildman–Crippen LogP) is 2.05. The van der Waals surface area contributed by atoms with Gasteiger partial charge in [-0.3, -0.25) is 4.79 Å². The maximum atomic E-state index is 11.6. The molecule has 4 heteroatoms. The molecule has 102 valence electrons. The van der Waals surface area contributed by atoms with Crippen molar-refractivity contribution in [3.8, 4) is 11.5 Å². The highest BCUT2D eigenvalue weighted by Gasteiger charge is 2.25. The van der Waals surface area contributed by atoms with Crippen LogP contribution in [-0.2, 0) is 28.8 Å². The van der Waals surface area contributed by atoms with Crippen molar-refractivity contribution in [2.24, 2.45) is 0 Å². The minimum atomic E-state index is -0.227. The van der Waals surface area contributed by atoms with Crippen molar-refractivity contribution in [3.63, 3.8) is 0 Å². The number of methoxy groups -OCH3 is 1. The third-order valence-corrected chi connectivity index (χ3v) is 3.75. The Bertz CT molecular complexity index is 473. The number of rotatable bonds is 2. The van der Waals surface area contributed by atoms with Crippen LogP contribution in [0.5, 0.6) is 11.5 Å². The molecule has 1 aromatic carbocycles.